The predicted octanol–water partition coefficient (Wildman–Crippen LogP) is 3.67. The van der Waals surface area contributed by atoms with Crippen molar-refractivity contribution in [3.05, 3.63) is 0 Å². The Morgan fingerprint density at radius 1 is 1.50 bits per heavy atom. The molecular weight excluding hydrogens is 319 g/mol. The van der Waals surface area contributed by atoms with Crippen LogP contribution in [0, 0.1) is 0 Å². The summed E-state index contributed by atoms with van der Waals surface area (Å²) in [5.41, 5.74) is 0. The van der Waals surface area contributed by atoms with Gasteiger partial charge in [-0.15, -0.1) is 0 Å². The third kappa shape index (κ3) is 6.08. The number of alkyl halides is 3. The maximum atomic E-state index is 5.47. The number of rotatable bonds is 1. The second-order valence-corrected chi connectivity index (χ2v) is 8.46. The molecule has 0 N–H and O–H groups in total. The highest BCUT2D eigenvalue weighted by atomic mass is 79.9. The van der Waals surface area contributed by atoms with Crippen LogP contribution in [0.15, 0.2) is 0 Å². The molecule has 0 aromatic carbocycles. The molecular formula is CBr3ClS. The van der Waals surface area contributed by atoms with Crippen LogP contribution in [0.1, 0.15) is 0 Å². The Hall–Kier alpha value is 2.08. The SMILES string of the molecule is ClC(Br)(Br)SBr. The highest BCUT2D eigenvalue weighted by Gasteiger charge is 2.15. The number of halogens is 4. The Morgan fingerprint density at radius 2 is 1.67 bits per heavy atom. The van der Waals surface area contributed by atoms with Crippen LogP contribution in [-0.2, 0) is 0 Å². The summed E-state index contributed by atoms with van der Waals surface area (Å²) in [6.07, 6.45) is 0. The number of hydrogen-bond acceptors (Lipinski definition) is 1. The van der Waals surface area contributed by atoms with Crippen LogP contribution in [-0.4, -0.2) is 2.02 Å². The van der Waals surface area contributed by atoms with Gasteiger partial charge in [0.1, 0.15) is 0 Å². The smallest absolute Gasteiger partial charge is 0.0808 e. The summed E-state index contributed by atoms with van der Waals surface area (Å²) < 4.78 is -0.528. The summed E-state index contributed by atoms with van der Waals surface area (Å²) in [7, 11) is 1.29. The zero-order chi connectivity index (χ0) is 5.21. The van der Waals surface area contributed by atoms with Crippen LogP contribution in [0.3, 0.4) is 0 Å². The standard InChI is InChI=1S/CBr3ClS/c2-1(3,5)6-4. The molecule has 0 fully saturated rings. The largest absolute Gasteiger partial charge is 0.209 e. The molecule has 0 aromatic rings. The van der Waals surface area contributed by atoms with Crippen LogP contribution >= 0.6 is 68.5 Å². The molecule has 0 amide bonds. The zero-order valence-corrected chi connectivity index (χ0v) is 8.75. The highest BCUT2D eigenvalue weighted by Crippen LogP contribution is 2.46. The molecule has 5 heteroatoms. The van der Waals surface area contributed by atoms with Crippen LogP contribution in [0.5, 0.6) is 0 Å². The van der Waals surface area contributed by atoms with E-state index in [4.69, 9.17) is 11.6 Å². The summed E-state index contributed by atoms with van der Waals surface area (Å²) >= 11 is 14.7. The lowest BCUT2D eigenvalue weighted by molar-refractivity contribution is 2.00. The van der Waals surface area contributed by atoms with E-state index in [-0.39, 0.29) is 0 Å². The number of hydrogen-bond donors (Lipinski definition) is 0. The van der Waals surface area contributed by atoms with E-state index >= 15 is 0 Å². The van der Waals surface area contributed by atoms with E-state index in [2.05, 4.69) is 46.7 Å². The van der Waals surface area contributed by atoms with Crippen molar-refractivity contribution in [3.8, 4) is 0 Å². The van der Waals surface area contributed by atoms with Crippen molar-refractivity contribution in [3.63, 3.8) is 0 Å². The zero-order valence-electron chi connectivity index (χ0n) is 2.42. The molecule has 6 heavy (non-hydrogen) atoms. The van der Waals surface area contributed by atoms with Crippen molar-refractivity contribution in [2.45, 2.75) is 2.02 Å². The van der Waals surface area contributed by atoms with Crippen molar-refractivity contribution in [1.29, 1.82) is 0 Å². The van der Waals surface area contributed by atoms with Gasteiger partial charge in [-0.2, -0.15) is 0 Å². The Morgan fingerprint density at radius 3 is 1.67 bits per heavy atom. The second-order valence-electron chi connectivity index (χ2n) is 0.523. The first-order chi connectivity index (χ1) is 2.56. The van der Waals surface area contributed by atoms with Gasteiger partial charge in [-0.25, -0.2) is 0 Å². The second kappa shape index (κ2) is 3.17. The molecule has 0 aliphatic rings. The van der Waals surface area contributed by atoms with Crippen molar-refractivity contribution >= 4 is 68.5 Å². The molecule has 0 aliphatic heterocycles. The van der Waals surface area contributed by atoms with Gasteiger partial charge in [-0.3, -0.25) is 0 Å². The van der Waals surface area contributed by atoms with Gasteiger partial charge in [-0.05, 0) is 56.9 Å². The minimum atomic E-state index is -0.528. The van der Waals surface area contributed by atoms with Crippen molar-refractivity contribution < 1.29 is 0 Å². The van der Waals surface area contributed by atoms with Gasteiger partial charge in [-0.1, -0.05) is 11.6 Å². The molecule has 0 spiro atoms. The van der Waals surface area contributed by atoms with Crippen molar-refractivity contribution in [2.75, 3.05) is 0 Å². The summed E-state index contributed by atoms with van der Waals surface area (Å²) in [5.74, 6) is 0. The lowest BCUT2D eigenvalue weighted by atomic mass is 11.9. The van der Waals surface area contributed by atoms with Crippen molar-refractivity contribution in [1.82, 2.24) is 0 Å². The van der Waals surface area contributed by atoms with E-state index in [0.29, 0.717) is 0 Å². The Bertz CT molecular complexity index is 40.5. The van der Waals surface area contributed by atoms with Gasteiger partial charge in [0.2, 0.25) is 2.02 Å². The van der Waals surface area contributed by atoms with Crippen LogP contribution < -0.4 is 0 Å². The van der Waals surface area contributed by atoms with E-state index in [9.17, 15) is 0 Å². The maximum absolute atomic E-state index is 5.47. The van der Waals surface area contributed by atoms with Gasteiger partial charge in [0, 0.05) is 0 Å². The van der Waals surface area contributed by atoms with Crippen LogP contribution in [0.25, 0.3) is 0 Å². The summed E-state index contributed by atoms with van der Waals surface area (Å²) in [6.45, 7) is 0. The molecule has 0 nitrogen and oxygen atoms in total. The molecule has 0 radical (unpaired) electrons. The van der Waals surface area contributed by atoms with Gasteiger partial charge < -0.3 is 0 Å². The van der Waals surface area contributed by atoms with E-state index in [0.717, 1.165) is 0 Å². The van der Waals surface area contributed by atoms with E-state index < -0.39 is 2.02 Å². The molecule has 0 saturated heterocycles. The average molecular weight is 319 g/mol. The summed E-state index contributed by atoms with van der Waals surface area (Å²) in [5, 5.41) is 0. The molecule has 0 saturated carbocycles. The van der Waals surface area contributed by atoms with Crippen molar-refractivity contribution in [2.24, 2.45) is 0 Å². The Balaban J connectivity index is 3.17. The summed E-state index contributed by atoms with van der Waals surface area (Å²) in [4.78, 5) is 0. The predicted molar refractivity (Wildman–Crippen MR) is 43.0 cm³/mol. The minimum Gasteiger partial charge on any atom is -0.0808 e. The first-order valence-corrected chi connectivity index (χ1v) is 5.55. The maximum Gasteiger partial charge on any atom is 0.209 e. The highest BCUT2D eigenvalue weighted by molar-refractivity contribution is 9.54. The first-order valence-electron chi connectivity index (χ1n) is 0.925. The molecule has 0 heterocycles. The van der Waals surface area contributed by atoms with Gasteiger partial charge in [0.25, 0.3) is 0 Å². The molecule has 38 valence electrons. The lowest BCUT2D eigenvalue weighted by Crippen LogP contribution is -1.83. The van der Waals surface area contributed by atoms with Gasteiger partial charge >= 0.3 is 0 Å². The van der Waals surface area contributed by atoms with E-state index in [1.807, 2.05) is 0 Å². The first kappa shape index (κ1) is 8.08. The monoisotopic (exact) mass is 316 g/mol. The molecule has 0 aromatic heterocycles. The lowest BCUT2D eigenvalue weighted by Gasteiger charge is -2.01. The molecule has 0 unspecified atom stereocenters. The van der Waals surface area contributed by atoms with Crippen LogP contribution in [0.2, 0.25) is 0 Å². The van der Waals surface area contributed by atoms with Crippen LogP contribution in [0.4, 0.5) is 0 Å². The molecule has 0 rings (SSSR count). The van der Waals surface area contributed by atoms with E-state index in [1.165, 1.54) is 10.2 Å². The quantitative estimate of drug-likeness (QED) is 0.665. The van der Waals surface area contributed by atoms with Gasteiger partial charge in [0.15, 0.2) is 0 Å². The fourth-order valence-electron chi connectivity index (χ4n) is 0. The Kier molecular flexibility index (Phi) is 4.27. The van der Waals surface area contributed by atoms with Gasteiger partial charge in [0.05, 0.1) is 0 Å². The minimum absolute atomic E-state index is 0.528. The fraction of sp³-hybridized carbons (Fsp3) is 1.00. The van der Waals surface area contributed by atoms with E-state index in [1.54, 1.807) is 0 Å². The third-order valence-electron chi connectivity index (χ3n) is 0.0875. The summed E-state index contributed by atoms with van der Waals surface area (Å²) in [6, 6.07) is 0. The normalized spacial score (nSPS) is 12.0. The average Bonchev–Trinajstić information content (AvgIpc) is 1.35. The molecule has 0 bridgehead atoms. The third-order valence-corrected chi connectivity index (χ3v) is 6.09. The molecule has 0 atom stereocenters. The molecule has 0 aliphatic carbocycles. The fourth-order valence-corrected chi connectivity index (χ4v) is 0. The Labute approximate surface area is 69.8 Å². The topological polar surface area (TPSA) is 0 Å².